The summed E-state index contributed by atoms with van der Waals surface area (Å²) in [6, 6.07) is -2.45. The van der Waals surface area contributed by atoms with Gasteiger partial charge in [-0.25, -0.2) is 10.2 Å². The molecule has 168 valence electrons. The van der Waals surface area contributed by atoms with Gasteiger partial charge in [0.2, 0.25) is 17.7 Å². The maximum Gasteiger partial charge on any atom is 0.422 e. The van der Waals surface area contributed by atoms with Gasteiger partial charge in [-0.05, 0) is 54.4 Å². The Morgan fingerprint density at radius 3 is 1.59 bits per heavy atom. The molecule has 0 heterocycles. The van der Waals surface area contributed by atoms with Crippen molar-refractivity contribution >= 4 is 23.8 Å². The molecule has 0 rings (SSSR count). The lowest BCUT2D eigenvalue weighted by Gasteiger charge is -2.26. The summed E-state index contributed by atoms with van der Waals surface area (Å²) >= 11 is 0. The van der Waals surface area contributed by atoms with Gasteiger partial charge in [0.15, 0.2) is 0 Å². The van der Waals surface area contributed by atoms with Crippen LogP contribution in [0, 0.1) is 5.92 Å². The molecule has 0 bridgehead atoms. The van der Waals surface area contributed by atoms with Gasteiger partial charge in [-0.15, -0.1) is 0 Å². The molecule has 0 aromatic heterocycles. The minimum absolute atomic E-state index is 0.0469. The van der Waals surface area contributed by atoms with Crippen molar-refractivity contribution < 1.29 is 23.9 Å². The number of hydrazine groups is 1. The summed E-state index contributed by atoms with van der Waals surface area (Å²) in [4.78, 5) is 48.5. The van der Waals surface area contributed by atoms with Gasteiger partial charge in [-0.1, -0.05) is 13.8 Å². The molecular weight excluding hydrogens is 378 g/mol. The third kappa shape index (κ3) is 11.3. The van der Waals surface area contributed by atoms with Gasteiger partial charge in [-0.3, -0.25) is 19.8 Å². The molecule has 10 heteroatoms. The number of hydrogen-bond donors (Lipinski definition) is 5. The van der Waals surface area contributed by atoms with Crippen LogP contribution < -0.4 is 26.8 Å². The zero-order valence-corrected chi connectivity index (χ0v) is 18.9. The second-order valence-electron chi connectivity index (χ2n) is 8.62. The van der Waals surface area contributed by atoms with E-state index in [1.807, 2.05) is 13.8 Å². The molecule has 0 aromatic rings. The van der Waals surface area contributed by atoms with E-state index in [-0.39, 0.29) is 17.9 Å². The molecule has 0 aliphatic heterocycles. The molecule has 0 aliphatic rings. The van der Waals surface area contributed by atoms with Crippen LogP contribution in [0.15, 0.2) is 0 Å². The van der Waals surface area contributed by atoms with Gasteiger partial charge in [0.25, 0.3) is 0 Å². The van der Waals surface area contributed by atoms with E-state index in [9.17, 15) is 19.2 Å². The summed E-state index contributed by atoms with van der Waals surface area (Å²) in [6.45, 7) is 15.5. The van der Waals surface area contributed by atoms with Crippen molar-refractivity contribution in [2.75, 3.05) is 0 Å². The molecule has 0 spiro atoms. The summed E-state index contributed by atoms with van der Waals surface area (Å²) in [6.07, 6.45) is -0.716. The first kappa shape index (κ1) is 26.6. The van der Waals surface area contributed by atoms with Crippen LogP contribution in [-0.4, -0.2) is 53.6 Å². The minimum Gasteiger partial charge on any atom is -0.443 e. The van der Waals surface area contributed by atoms with Gasteiger partial charge in [-0.2, -0.15) is 0 Å². The van der Waals surface area contributed by atoms with Crippen molar-refractivity contribution in [2.45, 2.75) is 92.1 Å². The van der Waals surface area contributed by atoms with Crippen molar-refractivity contribution in [3.63, 3.8) is 0 Å². The van der Waals surface area contributed by atoms with Crippen LogP contribution in [0.25, 0.3) is 0 Å². The minimum atomic E-state index is -0.874. The SMILES string of the molecule is CC(C)NC(=O)[C@H](C)NC(=O)[C@H](C)NC(=O)[C@@H](NNC(=O)OC(C)(C)C)C(C)C. The molecule has 0 fully saturated rings. The first-order valence-electron chi connectivity index (χ1n) is 9.79. The van der Waals surface area contributed by atoms with Gasteiger partial charge < -0.3 is 20.7 Å². The maximum atomic E-state index is 12.5. The molecule has 5 N–H and O–H groups in total. The van der Waals surface area contributed by atoms with Crippen LogP contribution in [0.5, 0.6) is 0 Å². The van der Waals surface area contributed by atoms with Crippen LogP contribution in [-0.2, 0) is 19.1 Å². The number of amides is 4. The molecule has 4 amide bonds. The monoisotopic (exact) mass is 415 g/mol. The number of rotatable bonds is 9. The Balaban J connectivity index is 4.74. The van der Waals surface area contributed by atoms with Crippen LogP contribution >= 0.6 is 0 Å². The van der Waals surface area contributed by atoms with E-state index >= 15 is 0 Å². The lowest BCUT2D eigenvalue weighted by Crippen LogP contribution is -2.58. The van der Waals surface area contributed by atoms with Gasteiger partial charge >= 0.3 is 6.09 Å². The Morgan fingerprint density at radius 1 is 0.724 bits per heavy atom. The fraction of sp³-hybridized carbons (Fsp3) is 0.789. The molecule has 0 radical (unpaired) electrons. The van der Waals surface area contributed by atoms with Crippen molar-refractivity contribution in [2.24, 2.45) is 5.92 Å². The molecule has 0 unspecified atom stereocenters. The highest BCUT2D eigenvalue weighted by molar-refractivity contribution is 5.92. The topological polar surface area (TPSA) is 138 Å². The molecule has 0 aromatic carbocycles. The van der Waals surface area contributed by atoms with Crippen LogP contribution in [0.2, 0.25) is 0 Å². The average Bonchev–Trinajstić information content (AvgIpc) is 2.51. The number of carbonyl (C=O) groups excluding carboxylic acids is 4. The Hall–Kier alpha value is -2.36. The third-order valence-electron chi connectivity index (χ3n) is 3.61. The first-order chi connectivity index (χ1) is 13.1. The number of ether oxygens (including phenoxy) is 1. The Bertz CT molecular complexity index is 586. The van der Waals surface area contributed by atoms with Crippen molar-refractivity contribution in [1.29, 1.82) is 0 Å². The van der Waals surface area contributed by atoms with E-state index in [0.29, 0.717) is 0 Å². The van der Waals surface area contributed by atoms with Gasteiger partial charge in [0.05, 0.1) is 0 Å². The van der Waals surface area contributed by atoms with Crippen LogP contribution in [0.4, 0.5) is 4.79 Å². The molecule has 0 saturated heterocycles. The molecule has 0 aliphatic carbocycles. The number of hydrogen-bond acceptors (Lipinski definition) is 6. The largest absolute Gasteiger partial charge is 0.443 e. The normalized spacial score (nSPS) is 14.6. The van der Waals surface area contributed by atoms with E-state index in [2.05, 4.69) is 26.8 Å². The standard InChI is InChI=1S/C19H37N5O5/c1-10(2)14(23-24-18(28)29-19(7,8)9)17(27)22-13(6)16(26)21-12(5)15(25)20-11(3)4/h10-14,23H,1-9H3,(H,20,25)(H,21,26)(H,22,27)(H,24,28)/t12-,13-,14-/m0/s1. The van der Waals surface area contributed by atoms with E-state index in [1.54, 1.807) is 41.5 Å². The van der Waals surface area contributed by atoms with Gasteiger partial charge in [0, 0.05) is 6.04 Å². The van der Waals surface area contributed by atoms with Gasteiger partial charge in [0.1, 0.15) is 23.7 Å². The fourth-order valence-corrected chi connectivity index (χ4v) is 2.16. The average molecular weight is 416 g/mol. The first-order valence-corrected chi connectivity index (χ1v) is 9.79. The third-order valence-corrected chi connectivity index (χ3v) is 3.61. The van der Waals surface area contributed by atoms with Crippen LogP contribution in [0.3, 0.4) is 0 Å². The maximum absolute atomic E-state index is 12.5. The second kappa shape index (κ2) is 11.6. The predicted molar refractivity (Wildman–Crippen MR) is 110 cm³/mol. The van der Waals surface area contributed by atoms with Crippen molar-refractivity contribution in [3.8, 4) is 0 Å². The summed E-state index contributed by atoms with van der Waals surface area (Å²) in [5.74, 6) is -1.46. The Kier molecular flexibility index (Phi) is 10.7. The van der Waals surface area contributed by atoms with Crippen LogP contribution in [0.1, 0.15) is 62.3 Å². The van der Waals surface area contributed by atoms with E-state index < -0.39 is 41.6 Å². The summed E-state index contributed by atoms with van der Waals surface area (Å²) in [5, 5.41) is 7.84. The lowest BCUT2D eigenvalue weighted by atomic mass is 10.0. The quantitative estimate of drug-likeness (QED) is 0.349. The lowest BCUT2D eigenvalue weighted by molar-refractivity contribution is -0.132. The zero-order valence-electron chi connectivity index (χ0n) is 18.9. The highest BCUT2D eigenvalue weighted by Crippen LogP contribution is 2.07. The second-order valence-corrected chi connectivity index (χ2v) is 8.62. The molecule has 0 saturated carbocycles. The highest BCUT2D eigenvalue weighted by Gasteiger charge is 2.27. The Labute approximate surface area is 173 Å². The molecular formula is C19H37N5O5. The smallest absolute Gasteiger partial charge is 0.422 e. The molecule has 29 heavy (non-hydrogen) atoms. The number of carbonyl (C=O) groups is 4. The highest BCUT2D eigenvalue weighted by atomic mass is 16.6. The number of nitrogens with one attached hydrogen (secondary N) is 5. The van der Waals surface area contributed by atoms with E-state index in [0.717, 1.165) is 0 Å². The fourth-order valence-electron chi connectivity index (χ4n) is 2.16. The summed E-state index contributed by atoms with van der Waals surface area (Å²) < 4.78 is 5.11. The molecule has 3 atom stereocenters. The predicted octanol–water partition coefficient (Wildman–Crippen LogP) is 0.574. The zero-order chi connectivity index (χ0) is 22.9. The van der Waals surface area contributed by atoms with E-state index in [4.69, 9.17) is 4.74 Å². The van der Waals surface area contributed by atoms with Crippen molar-refractivity contribution in [1.82, 2.24) is 26.8 Å². The summed E-state index contributed by atoms with van der Waals surface area (Å²) in [5.41, 5.74) is 4.30. The van der Waals surface area contributed by atoms with Crippen molar-refractivity contribution in [3.05, 3.63) is 0 Å². The Morgan fingerprint density at radius 2 is 1.17 bits per heavy atom. The molecule has 10 nitrogen and oxygen atoms in total. The summed E-state index contributed by atoms with van der Waals surface area (Å²) in [7, 11) is 0. The van der Waals surface area contributed by atoms with E-state index in [1.165, 1.54) is 6.92 Å².